The van der Waals surface area contributed by atoms with Gasteiger partial charge in [0.25, 0.3) is 0 Å². The maximum absolute atomic E-state index is 10.2. The van der Waals surface area contributed by atoms with Crippen LogP contribution in [0.1, 0.15) is 37.8 Å². The van der Waals surface area contributed by atoms with E-state index in [0.717, 1.165) is 32.1 Å². The van der Waals surface area contributed by atoms with E-state index in [-0.39, 0.29) is 11.5 Å². The molecule has 0 amide bonds. The van der Waals surface area contributed by atoms with Crippen LogP contribution in [-0.2, 0) is 13.5 Å². The Morgan fingerprint density at radius 1 is 1.59 bits per heavy atom. The summed E-state index contributed by atoms with van der Waals surface area (Å²) < 4.78 is 1.90. The number of aliphatic hydroxyl groups excluding tert-OH is 1. The second-order valence-corrected chi connectivity index (χ2v) is 5.27. The van der Waals surface area contributed by atoms with Gasteiger partial charge in [0.05, 0.1) is 6.10 Å². The Balaban J connectivity index is 2.02. The fraction of sp³-hybridized carbons (Fsp3) is 0.769. The van der Waals surface area contributed by atoms with Gasteiger partial charge in [-0.2, -0.15) is 5.10 Å². The molecule has 2 atom stereocenters. The molecule has 1 aliphatic rings. The van der Waals surface area contributed by atoms with Crippen molar-refractivity contribution in [2.45, 2.75) is 44.6 Å². The summed E-state index contributed by atoms with van der Waals surface area (Å²) in [6.07, 6.45) is 7.80. The van der Waals surface area contributed by atoms with Crippen LogP contribution in [0.3, 0.4) is 0 Å². The third kappa shape index (κ3) is 2.53. The molecule has 1 fully saturated rings. The molecule has 1 aromatic rings. The van der Waals surface area contributed by atoms with Crippen molar-refractivity contribution in [3.63, 3.8) is 0 Å². The molecule has 0 spiro atoms. The molecule has 4 heteroatoms. The SMILES string of the molecule is Cn1nccc1CCC1(CN)CCCCC1O. The number of nitrogens with two attached hydrogens (primary N) is 1. The lowest BCUT2D eigenvalue weighted by molar-refractivity contribution is -0.0118. The molecule has 96 valence electrons. The first-order valence-electron chi connectivity index (χ1n) is 6.53. The fourth-order valence-corrected chi connectivity index (χ4v) is 2.94. The molecule has 0 saturated heterocycles. The van der Waals surface area contributed by atoms with Crippen LogP contribution < -0.4 is 5.73 Å². The molecule has 17 heavy (non-hydrogen) atoms. The molecule has 3 N–H and O–H groups in total. The molecule has 1 saturated carbocycles. The average molecular weight is 237 g/mol. The Bertz CT molecular complexity index is 363. The standard InChI is InChI=1S/C13H23N3O/c1-16-11(6-9-15-16)5-8-13(10-14)7-3-2-4-12(13)17/h6,9,12,17H,2-5,7-8,10,14H2,1H3. The molecule has 0 bridgehead atoms. The lowest BCUT2D eigenvalue weighted by atomic mass is 9.69. The van der Waals surface area contributed by atoms with Crippen molar-refractivity contribution in [1.82, 2.24) is 9.78 Å². The Morgan fingerprint density at radius 3 is 3.00 bits per heavy atom. The highest BCUT2D eigenvalue weighted by atomic mass is 16.3. The van der Waals surface area contributed by atoms with E-state index in [1.165, 1.54) is 12.1 Å². The Hall–Kier alpha value is -0.870. The Labute approximate surface area is 103 Å². The van der Waals surface area contributed by atoms with E-state index in [4.69, 9.17) is 5.73 Å². The first-order valence-corrected chi connectivity index (χ1v) is 6.53. The number of nitrogens with zero attached hydrogens (tertiary/aromatic N) is 2. The smallest absolute Gasteiger partial charge is 0.0608 e. The summed E-state index contributed by atoms with van der Waals surface area (Å²) in [4.78, 5) is 0. The summed E-state index contributed by atoms with van der Waals surface area (Å²) in [5.74, 6) is 0. The van der Waals surface area contributed by atoms with Gasteiger partial charge in [0.15, 0.2) is 0 Å². The highest BCUT2D eigenvalue weighted by Gasteiger charge is 2.38. The van der Waals surface area contributed by atoms with Crippen LogP contribution in [0.4, 0.5) is 0 Å². The molecule has 1 aromatic heterocycles. The predicted molar refractivity (Wildman–Crippen MR) is 67.5 cm³/mol. The summed E-state index contributed by atoms with van der Waals surface area (Å²) in [7, 11) is 1.96. The van der Waals surface area contributed by atoms with Gasteiger partial charge in [0.2, 0.25) is 0 Å². The first kappa shape index (κ1) is 12.6. The molecule has 0 aliphatic heterocycles. The largest absolute Gasteiger partial charge is 0.393 e. The highest BCUT2D eigenvalue weighted by Crippen LogP contribution is 2.39. The third-order valence-corrected chi connectivity index (χ3v) is 4.32. The van der Waals surface area contributed by atoms with Gasteiger partial charge in [0, 0.05) is 30.9 Å². The Morgan fingerprint density at radius 2 is 2.41 bits per heavy atom. The van der Waals surface area contributed by atoms with Crippen LogP contribution >= 0.6 is 0 Å². The van der Waals surface area contributed by atoms with Gasteiger partial charge in [-0.05, 0) is 31.7 Å². The zero-order chi connectivity index (χ0) is 12.3. The van der Waals surface area contributed by atoms with Crippen molar-refractivity contribution < 1.29 is 5.11 Å². The molecule has 2 rings (SSSR count). The lowest BCUT2D eigenvalue weighted by Gasteiger charge is -2.41. The quantitative estimate of drug-likeness (QED) is 0.828. The van der Waals surface area contributed by atoms with Crippen molar-refractivity contribution in [1.29, 1.82) is 0 Å². The van der Waals surface area contributed by atoms with Gasteiger partial charge in [-0.3, -0.25) is 4.68 Å². The van der Waals surface area contributed by atoms with Crippen LogP contribution in [0.2, 0.25) is 0 Å². The van der Waals surface area contributed by atoms with Gasteiger partial charge in [-0.25, -0.2) is 0 Å². The van der Waals surface area contributed by atoms with E-state index in [1.54, 1.807) is 0 Å². The maximum atomic E-state index is 10.2. The highest BCUT2D eigenvalue weighted by molar-refractivity contribution is 5.02. The second kappa shape index (κ2) is 5.19. The topological polar surface area (TPSA) is 64.1 Å². The minimum atomic E-state index is -0.227. The summed E-state index contributed by atoms with van der Waals surface area (Å²) in [5.41, 5.74) is 7.07. The maximum Gasteiger partial charge on any atom is 0.0608 e. The minimum Gasteiger partial charge on any atom is -0.393 e. The van der Waals surface area contributed by atoms with E-state index < -0.39 is 0 Å². The molecule has 0 radical (unpaired) electrons. The molecule has 4 nitrogen and oxygen atoms in total. The van der Waals surface area contributed by atoms with Crippen LogP contribution in [0.15, 0.2) is 12.3 Å². The van der Waals surface area contributed by atoms with Gasteiger partial charge < -0.3 is 10.8 Å². The normalized spacial score (nSPS) is 29.5. The number of aryl methyl sites for hydroxylation is 2. The third-order valence-electron chi connectivity index (χ3n) is 4.32. The van der Waals surface area contributed by atoms with Gasteiger partial charge in [-0.1, -0.05) is 12.8 Å². The molecular formula is C13H23N3O. The zero-order valence-corrected chi connectivity index (χ0v) is 10.6. The molecular weight excluding hydrogens is 214 g/mol. The van der Waals surface area contributed by atoms with E-state index in [2.05, 4.69) is 5.10 Å². The average Bonchev–Trinajstić information content (AvgIpc) is 2.75. The van der Waals surface area contributed by atoms with Crippen molar-refractivity contribution in [3.05, 3.63) is 18.0 Å². The zero-order valence-electron chi connectivity index (χ0n) is 10.6. The van der Waals surface area contributed by atoms with Gasteiger partial charge in [-0.15, -0.1) is 0 Å². The number of hydrogen-bond acceptors (Lipinski definition) is 3. The predicted octanol–water partition coefficient (Wildman–Crippen LogP) is 1.23. The van der Waals surface area contributed by atoms with E-state index in [0.29, 0.717) is 6.54 Å². The van der Waals surface area contributed by atoms with E-state index in [9.17, 15) is 5.11 Å². The van der Waals surface area contributed by atoms with Crippen molar-refractivity contribution >= 4 is 0 Å². The van der Waals surface area contributed by atoms with Crippen LogP contribution in [0.5, 0.6) is 0 Å². The van der Waals surface area contributed by atoms with Crippen LogP contribution in [0, 0.1) is 5.41 Å². The fourth-order valence-electron chi connectivity index (χ4n) is 2.94. The van der Waals surface area contributed by atoms with Crippen LogP contribution in [0.25, 0.3) is 0 Å². The summed E-state index contributed by atoms with van der Waals surface area (Å²) in [6, 6.07) is 2.04. The summed E-state index contributed by atoms with van der Waals surface area (Å²) >= 11 is 0. The molecule has 1 aliphatic carbocycles. The number of aliphatic hydroxyl groups is 1. The van der Waals surface area contributed by atoms with E-state index >= 15 is 0 Å². The molecule has 1 heterocycles. The van der Waals surface area contributed by atoms with Gasteiger partial charge >= 0.3 is 0 Å². The van der Waals surface area contributed by atoms with Crippen LogP contribution in [-0.4, -0.2) is 27.5 Å². The lowest BCUT2D eigenvalue weighted by Crippen LogP contribution is -2.44. The summed E-state index contributed by atoms with van der Waals surface area (Å²) in [6.45, 7) is 0.589. The molecule has 2 unspecified atom stereocenters. The number of aromatic nitrogens is 2. The van der Waals surface area contributed by atoms with Crippen molar-refractivity contribution in [2.24, 2.45) is 18.2 Å². The molecule has 0 aromatic carbocycles. The summed E-state index contributed by atoms with van der Waals surface area (Å²) in [5, 5.41) is 14.4. The first-order chi connectivity index (χ1) is 8.18. The Kier molecular flexibility index (Phi) is 3.84. The van der Waals surface area contributed by atoms with Crippen molar-refractivity contribution in [2.75, 3.05) is 6.54 Å². The second-order valence-electron chi connectivity index (χ2n) is 5.27. The number of rotatable bonds is 4. The van der Waals surface area contributed by atoms with E-state index in [1.807, 2.05) is 24.0 Å². The van der Waals surface area contributed by atoms with Gasteiger partial charge in [0.1, 0.15) is 0 Å². The minimum absolute atomic E-state index is 0.0669. The number of hydrogen-bond donors (Lipinski definition) is 2. The monoisotopic (exact) mass is 237 g/mol. The van der Waals surface area contributed by atoms with Crippen molar-refractivity contribution in [3.8, 4) is 0 Å².